The Morgan fingerprint density at radius 1 is 1.53 bits per heavy atom. The number of ether oxygens (including phenoxy) is 1. The Morgan fingerprint density at radius 3 is 2.94 bits per heavy atom. The maximum Gasteiger partial charge on any atom is 0.220 e. The minimum atomic E-state index is -0.00195. The molecule has 0 fully saturated rings. The molecule has 2 N–H and O–H groups in total. The Balaban J connectivity index is 2.33. The highest BCUT2D eigenvalue weighted by Crippen LogP contribution is 2.10. The second-order valence-electron chi connectivity index (χ2n) is 4.21. The number of hydrogen-bond acceptors (Lipinski definition) is 3. The minimum Gasteiger partial charge on any atom is -0.508 e. The van der Waals surface area contributed by atoms with Gasteiger partial charge in [-0.25, -0.2) is 0 Å². The fourth-order valence-electron chi connectivity index (χ4n) is 1.60. The summed E-state index contributed by atoms with van der Waals surface area (Å²) in [5.41, 5.74) is 0.887. The summed E-state index contributed by atoms with van der Waals surface area (Å²) < 4.78 is 4.97. The van der Waals surface area contributed by atoms with Crippen molar-refractivity contribution in [3.63, 3.8) is 0 Å². The van der Waals surface area contributed by atoms with Crippen molar-refractivity contribution < 1.29 is 14.6 Å². The summed E-state index contributed by atoms with van der Waals surface area (Å²) in [5.74, 6) is 0.423. The third kappa shape index (κ3) is 5.36. The zero-order chi connectivity index (χ0) is 12.7. The van der Waals surface area contributed by atoms with E-state index >= 15 is 0 Å². The highest BCUT2D eigenvalue weighted by Gasteiger charge is 2.08. The van der Waals surface area contributed by atoms with Crippen LogP contribution in [0.2, 0.25) is 0 Å². The number of aromatic hydroxyl groups is 1. The van der Waals surface area contributed by atoms with Crippen LogP contribution < -0.4 is 5.32 Å². The molecule has 1 unspecified atom stereocenters. The number of hydrogen-bond donors (Lipinski definition) is 2. The van der Waals surface area contributed by atoms with Crippen molar-refractivity contribution in [3.8, 4) is 5.75 Å². The van der Waals surface area contributed by atoms with Gasteiger partial charge in [-0.2, -0.15) is 0 Å². The van der Waals surface area contributed by atoms with E-state index in [-0.39, 0.29) is 17.6 Å². The van der Waals surface area contributed by atoms with E-state index in [1.807, 2.05) is 13.0 Å². The lowest BCUT2D eigenvalue weighted by atomic mass is 10.1. The normalized spacial score (nSPS) is 12.1. The van der Waals surface area contributed by atoms with Crippen molar-refractivity contribution in [2.75, 3.05) is 13.7 Å². The maximum absolute atomic E-state index is 11.6. The van der Waals surface area contributed by atoms with Crippen molar-refractivity contribution in [2.24, 2.45) is 5.92 Å². The van der Waals surface area contributed by atoms with Gasteiger partial charge >= 0.3 is 0 Å². The lowest BCUT2D eigenvalue weighted by Gasteiger charge is -2.10. The molecule has 0 radical (unpaired) electrons. The fraction of sp³-hybridized carbons (Fsp3) is 0.462. The van der Waals surface area contributed by atoms with E-state index in [0.29, 0.717) is 19.6 Å². The van der Waals surface area contributed by atoms with E-state index in [0.717, 1.165) is 5.56 Å². The molecule has 0 aromatic heterocycles. The average molecular weight is 237 g/mol. The molecular formula is C13H19NO3. The summed E-state index contributed by atoms with van der Waals surface area (Å²) in [5, 5.41) is 12.1. The van der Waals surface area contributed by atoms with E-state index in [1.54, 1.807) is 25.3 Å². The van der Waals surface area contributed by atoms with Crippen LogP contribution in [-0.2, 0) is 16.1 Å². The zero-order valence-electron chi connectivity index (χ0n) is 10.3. The SMILES string of the molecule is COCC(C)CC(=O)NCc1cccc(O)c1. The average Bonchev–Trinajstić information content (AvgIpc) is 2.27. The van der Waals surface area contributed by atoms with Gasteiger partial charge in [0.25, 0.3) is 0 Å². The van der Waals surface area contributed by atoms with E-state index in [2.05, 4.69) is 5.32 Å². The minimum absolute atomic E-state index is 0.00195. The van der Waals surface area contributed by atoms with Crippen molar-refractivity contribution in [3.05, 3.63) is 29.8 Å². The number of rotatable bonds is 6. The van der Waals surface area contributed by atoms with Crippen LogP contribution >= 0.6 is 0 Å². The first-order chi connectivity index (χ1) is 8.11. The largest absolute Gasteiger partial charge is 0.508 e. The maximum atomic E-state index is 11.6. The first-order valence-corrected chi connectivity index (χ1v) is 5.65. The van der Waals surface area contributed by atoms with Crippen LogP contribution in [0.15, 0.2) is 24.3 Å². The van der Waals surface area contributed by atoms with Crippen LogP contribution in [0.5, 0.6) is 5.75 Å². The highest BCUT2D eigenvalue weighted by atomic mass is 16.5. The molecule has 1 atom stereocenters. The van der Waals surface area contributed by atoms with E-state index < -0.39 is 0 Å². The number of phenols is 1. The molecule has 1 rings (SSSR count). The van der Waals surface area contributed by atoms with Gasteiger partial charge in [-0.3, -0.25) is 4.79 Å². The quantitative estimate of drug-likeness (QED) is 0.791. The molecular weight excluding hydrogens is 218 g/mol. The van der Waals surface area contributed by atoms with Crippen molar-refractivity contribution in [2.45, 2.75) is 19.9 Å². The Bertz CT molecular complexity index is 365. The van der Waals surface area contributed by atoms with Crippen LogP contribution in [-0.4, -0.2) is 24.7 Å². The summed E-state index contributed by atoms with van der Waals surface area (Å²) in [6, 6.07) is 6.85. The second-order valence-corrected chi connectivity index (χ2v) is 4.21. The summed E-state index contributed by atoms with van der Waals surface area (Å²) in [4.78, 5) is 11.6. The van der Waals surface area contributed by atoms with Gasteiger partial charge in [-0.1, -0.05) is 19.1 Å². The highest BCUT2D eigenvalue weighted by molar-refractivity contribution is 5.76. The smallest absolute Gasteiger partial charge is 0.220 e. The van der Waals surface area contributed by atoms with Gasteiger partial charge < -0.3 is 15.2 Å². The predicted molar refractivity (Wildman–Crippen MR) is 65.6 cm³/mol. The third-order valence-corrected chi connectivity index (χ3v) is 2.39. The number of carbonyl (C=O) groups excluding carboxylic acids is 1. The molecule has 4 heteroatoms. The number of methoxy groups -OCH3 is 1. The molecule has 1 aromatic carbocycles. The molecule has 0 aliphatic rings. The molecule has 94 valence electrons. The van der Waals surface area contributed by atoms with E-state index in [9.17, 15) is 9.90 Å². The molecule has 0 aliphatic heterocycles. The molecule has 0 bridgehead atoms. The molecule has 0 heterocycles. The standard InChI is InChI=1S/C13H19NO3/c1-10(9-17-2)6-13(16)14-8-11-4-3-5-12(15)7-11/h3-5,7,10,15H,6,8-9H2,1-2H3,(H,14,16). The number of benzene rings is 1. The van der Waals surface area contributed by atoms with Crippen LogP contribution in [0.4, 0.5) is 0 Å². The predicted octanol–water partition coefficient (Wildman–Crippen LogP) is 1.68. The summed E-state index contributed by atoms with van der Waals surface area (Å²) in [6.07, 6.45) is 0.451. The monoisotopic (exact) mass is 237 g/mol. The molecule has 0 spiro atoms. The summed E-state index contributed by atoms with van der Waals surface area (Å²) >= 11 is 0. The third-order valence-electron chi connectivity index (χ3n) is 2.39. The van der Waals surface area contributed by atoms with Gasteiger partial charge in [0.05, 0.1) is 0 Å². The Labute approximate surface area is 102 Å². The Hall–Kier alpha value is -1.55. The Kier molecular flexibility index (Phi) is 5.49. The van der Waals surface area contributed by atoms with Gasteiger partial charge in [0.2, 0.25) is 5.91 Å². The van der Waals surface area contributed by atoms with Crippen molar-refractivity contribution in [1.82, 2.24) is 5.32 Å². The summed E-state index contributed by atoms with van der Waals surface area (Å²) in [7, 11) is 1.63. The van der Waals surface area contributed by atoms with Crippen LogP contribution in [0.1, 0.15) is 18.9 Å². The molecule has 17 heavy (non-hydrogen) atoms. The lowest BCUT2D eigenvalue weighted by molar-refractivity contribution is -0.122. The number of phenolic OH excluding ortho intramolecular Hbond substituents is 1. The summed E-state index contributed by atoms with van der Waals surface area (Å²) in [6.45, 7) is 2.99. The van der Waals surface area contributed by atoms with Crippen LogP contribution in [0, 0.1) is 5.92 Å². The molecule has 4 nitrogen and oxygen atoms in total. The van der Waals surface area contributed by atoms with E-state index in [4.69, 9.17) is 4.74 Å². The molecule has 0 saturated heterocycles. The van der Waals surface area contributed by atoms with E-state index in [1.165, 1.54) is 0 Å². The first kappa shape index (κ1) is 13.5. The number of nitrogens with one attached hydrogen (secondary N) is 1. The number of carbonyl (C=O) groups is 1. The van der Waals surface area contributed by atoms with Gasteiger partial charge in [0.15, 0.2) is 0 Å². The molecule has 1 aromatic rings. The lowest BCUT2D eigenvalue weighted by Crippen LogP contribution is -2.25. The molecule has 0 saturated carbocycles. The van der Waals surface area contributed by atoms with Crippen LogP contribution in [0.25, 0.3) is 0 Å². The zero-order valence-corrected chi connectivity index (χ0v) is 10.3. The van der Waals surface area contributed by atoms with Crippen molar-refractivity contribution >= 4 is 5.91 Å². The van der Waals surface area contributed by atoms with Gasteiger partial charge in [-0.05, 0) is 23.6 Å². The topological polar surface area (TPSA) is 58.6 Å². The van der Waals surface area contributed by atoms with Gasteiger partial charge in [-0.15, -0.1) is 0 Å². The van der Waals surface area contributed by atoms with Gasteiger partial charge in [0.1, 0.15) is 5.75 Å². The van der Waals surface area contributed by atoms with Crippen LogP contribution in [0.3, 0.4) is 0 Å². The number of amides is 1. The second kappa shape index (κ2) is 6.91. The Morgan fingerprint density at radius 2 is 2.29 bits per heavy atom. The first-order valence-electron chi connectivity index (χ1n) is 5.65. The molecule has 1 amide bonds. The fourth-order valence-corrected chi connectivity index (χ4v) is 1.60. The molecule has 0 aliphatic carbocycles. The van der Waals surface area contributed by atoms with Gasteiger partial charge in [0, 0.05) is 26.7 Å². The van der Waals surface area contributed by atoms with Crippen molar-refractivity contribution in [1.29, 1.82) is 0 Å².